The Hall–Kier alpha value is -1.51. The zero-order valence-electron chi connectivity index (χ0n) is 11.4. The second kappa shape index (κ2) is 5.24. The van der Waals surface area contributed by atoms with Crippen molar-refractivity contribution in [3.05, 3.63) is 41.7 Å². The second-order valence-corrected chi connectivity index (χ2v) is 5.63. The lowest BCUT2D eigenvalue weighted by molar-refractivity contribution is 0.321. The molecule has 1 saturated carbocycles. The number of hydrogen-bond acceptors (Lipinski definition) is 1. The van der Waals surface area contributed by atoms with Crippen molar-refractivity contribution in [3.63, 3.8) is 0 Å². The molecule has 0 radical (unpaired) electrons. The van der Waals surface area contributed by atoms with Crippen LogP contribution in [-0.4, -0.2) is 11.9 Å². The first-order chi connectivity index (χ1) is 8.87. The highest BCUT2D eigenvalue weighted by atomic mass is 19.1. The third-order valence-corrected chi connectivity index (χ3v) is 3.41. The minimum Gasteiger partial charge on any atom is -0.258 e. The maximum Gasteiger partial charge on any atom is 0.140 e. The summed E-state index contributed by atoms with van der Waals surface area (Å²) in [7, 11) is 0. The molecule has 3 heteroatoms. The summed E-state index contributed by atoms with van der Waals surface area (Å²) in [5.41, 5.74) is 0.260. The molecule has 1 aromatic rings. The Balaban J connectivity index is 2.15. The van der Waals surface area contributed by atoms with Crippen molar-refractivity contribution in [1.82, 2.24) is 0 Å². The van der Waals surface area contributed by atoms with Gasteiger partial charge >= 0.3 is 0 Å². The van der Waals surface area contributed by atoms with E-state index < -0.39 is 5.67 Å². The van der Waals surface area contributed by atoms with E-state index in [1.54, 1.807) is 6.07 Å². The molecule has 1 aromatic carbocycles. The van der Waals surface area contributed by atoms with E-state index >= 15 is 0 Å². The molecule has 0 spiro atoms. The van der Waals surface area contributed by atoms with Crippen molar-refractivity contribution in [2.75, 3.05) is 0 Å². The Morgan fingerprint density at radius 2 is 2.11 bits per heavy atom. The second-order valence-electron chi connectivity index (χ2n) is 5.63. The lowest BCUT2D eigenvalue weighted by Gasteiger charge is -2.26. The molecule has 0 bridgehead atoms. The van der Waals surface area contributed by atoms with Crippen molar-refractivity contribution >= 4 is 11.9 Å². The van der Waals surface area contributed by atoms with Crippen molar-refractivity contribution in [1.29, 1.82) is 0 Å². The lowest BCUT2D eigenvalue weighted by atomic mass is 9.79. The van der Waals surface area contributed by atoms with E-state index in [0.29, 0.717) is 17.2 Å². The first kappa shape index (κ1) is 13.9. The van der Waals surface area contributed by atoms with Crippen LogP contribution in [-0.2, 0) is 0 Å². The molecule has 0 N–H and O–H groups in total. The third-order valence-electron chi connectivity index (χ3n) is 3.41. The Morgan fingerprint density at radius 1 is 1.42 bits per heavy atom. The average Bonchev–Trinajstić information content (AvgIpc) is 2.25. The smallest absolute Gasteiger partial charge is 0.140 e. The first-order valence-corrected chi connectivity index (χ1v) is 6.60. The molecule has 1 aliphatic carbocycles. The summed E-state index contributed by atoms with van der Waals surface area (Å²) in [6, 6.07) is 5.05. The highest BCUT2D eigenvalue weighted by Crippen LogP contribution is 2.38. The predicted octanol–water partition coefficient (Wildman–Crippen LogP) is 4.88. The molecule has 19 heavy (non-hydrogen) atoms. The summed E-state index contributed by atoms with van der Waals surface area (Å²) >= 11 is 0. The zero-order chi connectivity index (χ0) is 14.0. The number of halogens is 2. The van der Waals surface area contributed by atoms with Gasteiger partial charge in [-0.05, 0) is 44.2 Å². The van der Waals surface area contributed by atoms with Gasteiger partial charge in [-0.3, -0.25) is 4.99 Å². The van der Waals surface area contributed by atoms with Crippen LogP contribution in [0.2, 0.25) is 0 Å². The summed E-state index contributed by atoms with van der Waals surface area (Å²) in [4.78, 5) is 3.95. The Kier molecular flexibility index (Phi) is 3.83. The van der Waals surface area contributed by atoms with Gasteiger partial charge in [0.15, 0.2) is 0 Å². The molecule has 1 nitrogen and oxygen atoms in total. The topological polar surface area (TPSA) is 12.4 Å². The monoisotopic (exact) mass is 263 g/mol. The van der Waals surface area contributed by atoms with E-state index in [-0.39, 0.29) is 5.82 Å². The standard InChI is InChI=1S/C16H19F2N/c1-11(19-10-16(2,3)18)13-7-8-14(15(17)9-13)12-5-4-6-12/h7-10,12H,1,4-6H2,2-3H3. The molecule has 0 aliphatic heterocycles. The lowest BCUT2D eigenvalue weighted by Crippen LogP contribution is -2.13. The number of rotatable bonds is 4. The molecule has 102 valence electrons. The third kappa shape index (κ3) is 3.49. The van der Waals surface area contributed by atoms with Crippen LogP contribution in [0.25, 0.3) is 5.70 Å². The fourth-order valence-electron chi connectivity index (χ4n) is 2.06. The highest BCUT2D eigenvalue weighted by molar-refractivity contribution is 5.77. The van der Waals surface area contributed by atoms with E-state index in [9.17, 15) is 8.78 Å². The Labute approximate surface area is 113 Å². The van der Waals surface area contributed by atoms with Gasteiger partial charge in [-0.1, -0.05) is 25.1 Å². The van der Waals surface area contributed by atoms with Crippen LogP contribution in [0.15, 0.2) is 29.8 Å². The van der Waals surface area contributed by atoms with E-state index in [1.807, 2.05) is 6.07 Å². The van der Waals surface area contributed by atoms with Crippen molar-refractivity contribution < 1.29 is 8.78 Å². The predicted molar refractivity (Wildman–Crippen MR) is 75.7 cm³/mol. The normalized spacial score (nSPS) is 16.6. The maximum absolute atomic E-state index is 14.0. The molecule has 0 heterocycles. The van der Waals surface area contributed by atoms with Crippen LogP contribution in [0.3, 0.4) is 0 Å². The van der Waals surface area contributed by atoms with Gasteiger partial charge < -0.3 is 0 Å². The summed E-state index contributed by atoms with van der Waals surface area (Å²) in [6.45, 7) is 6.56. The first-order valence-electron chi connectivity index (χ1n) is 6.60. The SMILES string of the molecule is C=C(N=CC(C)(C)F)c1ccc(C2CCC2)c(F)c1. The van der Waals surface area contributed by atoms with Crippen molar-refractivity contribution in [2.24, 2.45) is 4.99 Å². The number of alkyl halides is 1. The molecular weight excluding hydrogens is 244 g/mol. The molecule has 1 aliphatic rings. The van der Waals surface area contributed by atoms with Gasteiger partial charge in [-0.15, -0.1) is 0 Å². The van der Waals surface area contributed by atoms with Gasteiger partial charge in [0.2, 0.25) is 0 Å². The average molecular weight is 263 g/mol. The molecule has 2 rings (SSSR count). The Bertz CT molecular complexity index is 508. The van der Waals surface area contributed by atoms with Gasteiger partial charge in [0, 0.05) is 11.8 Å². The number of hydrogen-bond donors (Lipinski definition) is 0. The molecule has 0 unspecified atom stereocenters. The van der Waals surface area contributed by atoms with Crippen LogP contribution >= 0.6 is 0 Å². The summed E-state index contributed by atoms with van der Waals surface area (Å²) in [5, 5.41) is 0. The highest BCUT2D eigenvalue weighted by Gasteiger charge is 2.22. The van der Waals surface area contributed by atoms with E-state index in [4.69, 9.17) is 0 Å². The Morgan fingerprint density at radius 3 is 2.58 bits per heavy atom. The van der Waals surface area contributed by atoms with Crippen LogP contribution in [0.1, 0.15) is 50.2 Å². The molecular formula is C16H19F2N. The van der Waals surface area contributed by atoms with Gasteiger partial charge in [-0.2, -0.15) is 0 Å². The molecule has 0 aromatic heterocycles. The molecule has 0 atom stereocenters. The van der Waals surface area contributed by atoms with Crippen LogP contribution in [0.5, 0.6) is 0 Å². The summed E-state index contributed by atoms with van der Waals surface area (Å²) in [6.07, 6.45) is 4.48. The van der Waals surface area contributed by atoms with E-state index in [1.165, 1.54) is 32.5 Å². The number of nitrogens with zero attached hydrogens (tertiary/aromatic N) is 1. The van der Waals surface area contributed by atoms with Crippen LogP contribution in [0.4, 0.5) is 8.78 Å². The quantitative estimate of drug-likeness (QED) is 0.686. The largest absolute Gasteiger partial charge is 0.258 e. The van der Waals surface area contributed by atoms with Gasteiger partial charge in [0.1, 0.15) is 11.5 Å². The van der Waals surface area contributed by atoms with Gasteiger partial charge in [0.05, 0.1) is 5.70 Å². The zero-order valence-corrected chi connectivity index (χ0v) is 11.4. The van der Waals surface area contributed by atoms with Gasteiger partial charge in [0.25, 0.3) is 0 Å². The van der Waals surface area contributed by atoms with E-state index in [0.717, 1.165) is 18.4 Å². The van der Waals surface area contributed by atoms with Crippen LogP contribution in [0, 0.1) is 5.82 Å². The van der Waals surface area contributed by atoms with Crippen LogP contribution < -0.4 is 0 Å². The number of benzene rings is 1. The molecule has 0 saturated heterocycles. The molecule has 0 amide bonds. The minimum atomic E-state index is -1.49. The fraction of sp³-hybridized carbons (Fsp3) is 0.438. The maximum atomic E-state index is 14.0. The summed E-state index contributed by atoms with van der Waals surface area (Å²) in [5.74, 6) is 0.147. The van der Waals surface area contributed by atoms with Gasteiger partial charge in [-0.25, -0.2) is 8.78 Å². The summed E-state index contributed by atoms with van der Waals surface area (Å²) < 4.78 is 27.3. The fourth-order valence-corrected chi connectivity index (χ4v) is 2.06. The number of aliphatic imine (C=N–C) groups is 1. The minimum absolute atomic E-state index is 0.210. The van der Waals surface area contributed by atoms with Crippen molar-refractivity contribution in [3.8, 4) is 0 Å². The molecule has 1 fully saturated rings. The van der Waals surface area contributed by atoms with Crippen molar-refractivity contribution in [2.45, 2.75) is 44.7 Å². The van der Waals surface area contributed by atoms with E-state index in [2.05, 4.69) is 11.6 Å².